The predicted octanol–water partition coefficient (Wildman–Crippen LogP) is 1.10. The SMILES string of the molecule is Cc1nc2ccc(C#N)cn2c1N. The highest BCUT2D eigenvalue weighted by Gasteiger charge is 2.04. The number of hydrogen-bond acceptors (Lipinski definition) is 3. The van der Waals surface area contributed by atoms with Gasteiger partial charge in [0, 0.05) is 6.20 Å². The summed E-state index contributed by atoms with van der Waals surface area (Å²) >= 11 is 0. The second-order valence-electron chi connectivity index (χ2n) is 2.84. The van der Waals surface area contributed by atoms with Crippen molar-refractivity contribution in [2.24, 2.45) is 0 Å². The van der Waals surface area contributed by atoms with Crippen LogP contribution in [0.1, 0.15) is 11.3 Å². The molecule has 0 unspecified atom stereocenters. The van der Waals surface area contributed by atoms with Gasteiger partial charge in [0.15, 0.2) is 0 Å². The van der Waals surface area contributed by atoms with Crippen LogP contribution in [-0.4, -0.2) is 9.38 Å². The van der Waals surface area contributed by atoms with Gasteiger partial charge in [-0.3, -0.25) is 4.40 Å². The first-order chi connectivity index (χ1) is 6.22. The molecule has 0 atom stereocenters. The maximum Gasteiger partial charge on any atom is 0.138 e. The van der Waals surface area contributed by atoms with Gasteiger partial charge in [0.2, 0.25) is 0 Å². The number of aryl methyl sites for hydroxylation is 1. The van der Waals surface area contributed by atoms with Gasteiger partial charge in [-0.25, -0.2) is 4.98 Å². The quantitative estimate of drug-likeness (QED) is 0.647. The van der Waals surface area contributed by atoms with Gasteiger partial charge in [0.25, 0.3) is 0 Å². The molecule has 0 saturated carbocycles. The number of hydrogen-bond donors (Lipinski definition) is 1. The summed E-state index contributed by atoms with van der Waals surface area (Å²) in [5.74, 6) is 0.590. The number of fused-ring (bicyclic) bond motifs is 1. The first-order valence-corrected chi connectivity index (χ1v) is 3.86. The lowest BCUT2D eigenvalue weighted by Crippen LogP contribution is -1.94. The van der Waals surface area contributed by atoms with Crippen molar-refractivity contribution in [1.29, 1.82) is 5.26 Å². The topological polar surface area (TPSA) is 67.1 Å². The third kappa shape index (κ3) is 1.02. The number of nitrogens with zero attached hydrogens (tertiary/aromatic N) is 3. The van der Waals surface area contributed by atoms with Crippen molar-refractivity contribution in [3.8, 4) is 6.07 Å². The summed E-state index contributed by atoms with van der Waals surface area (Å²) in [6, 6.07) is 5.55. The number of imidazole rings is 1. The van der Waals surface area contributed by atoms with Crippen LogP contribution in [0.2, 0.25) is 0 Å². The molecule has 0 fully saturated rings. The molecule has 2 rings (SSSR count). The summed E-state index contributed by atoms with van der Waals surface area (Å²) in [4.78, 5) is 4.22. The molecule has 2 aromatic rings. The molecular weight excluding hydrogens is 164 g/mol. The summed E-state index contributed by atoms with van der Waals surface area (Å²) in [6.45, 7) is 1.84. The summed E-state index contributed by atoms with van der Waals surface area (Å²) in [5.41, 5.74) is 7.89. The lowest BCUT2D eigenvalue weighted by atomic mass is 10.3. The largest absolute Gasteiger partial charge is 0.383 e. The highest BCUT2D eigenvalue weighted by Crippen LogP contribution is 2.14. The zero-order valence-electron chi connectivity index (χ0n) is 7.15. The maximum atomic E-state index is 8.67. The molecule has 0 radical (unpaired) electrons. The molecular formula is C9H8N4. The van der Waals surface area contributed by atoms with Gasteiger partial charge < -0.3 is 5.73 Å². The van der Waals surface area contributed by atoms with E-state index in [1.54, 1.807) is 22.7 Å². The number of nitrogens with two attached hydrogens (primary N) is 1. The fourth-order valence-corrected chi connectivity index (χ4v) is 1.25. The van der Waals surface area contributed by atoms with E-state index < -0.39 is 0 Å². The van der Waals surface area contributed by atoms with Crippen molar-refractivity contribution >= 4 is 11.5 Å². The van der Waals surface area contributed by atoms with Crippen molar-refractivity contribution in [2.45, 2.75) is 6.92 Å². The van der Waals surface area contributed by atoms with Gasteiger partial charge in [-0.1, -0.05) is 0 Å². The fourth-order valence-electron chi connectivity index (χ4n) is 1.25. The summed E-state index contributed by atoms with van der Waals surface area (Å²) in [7, 11) is 0. The molecule has 13 heavy (non-hydrogen) atoms. The second kappa shape index (κ2) is 2.49. The number of aromatic nitrogens is 2. The number of nitriles is 1. The Balaban J connectivity index is 2.84. The zero-order chi connectivity index (χ0) is 9.42. The third-order valence-corrected chi connectivity index (χ3v) is 1.97. The van der Waals surface area contributed by atoms with Crippen molar-refractivity contribution in [1.82, 2.24) is 9.38 Å². The zero-order valence-corrected chi connectivity index (χ0v) is 7.15. The van der Waals surface area contributed by atoms with E-state index in [1.807, 2.05) is 6.92 Å². The van der Waals surface area contributed by atoms with Crippen molar-refractivity contribution < 1.29 is 0 Å². The number of nitrogen functional groups attached to an aromatic ring is 1. The van der Waals surface area contributed by atoms with Gasteiger partial charge in [-0.05, 0) is 19.1 Å². The molecule has 2 heterocycles. The van der Waals surface area contributed by atoms with Crippen molar-refractivity contribution in [3.63, 3.8) is 0 Å². The van der Waals surface area contributed by atoms with Crippen LogP contribution in [0.5, 0.6) is 0 Å². The molecule has 2 N–H and O–H groups in total. The molecule has 2 aromatic heterocycles. The van der Waals surface area contributed by atoms with Crippen LogP contribution < -0.4 is 5.73 Å². The Hall–Kier alpha value is -2.02. The molecule has 0 aliphatic rings. The molecule has 0 aromatic carbocycles. The minimum Gasteiger partial charge on any atom is -0.383 e. The number of rotatable bonds is 0. The second-order valence-corrected chi connectivity index (χ2v) is 2.84. The molecule has 4 nitrogen and oxygen atoms in total. The summed E-state index contributed by atoms with van der Waals surface area (Å²) in [5, 5.41) is 8.67. The van der Waals surface area contributed by atoms with Crippen LogP contribution >= 0.6 is 0 Å². The van der Waals surface area contributed by atoms with E-state index in [1.165, 1.54) is 0 Å². The Morgan fingerprint density at radius 3 is 3.00 bits per heavy atom. The Morgan fingerprint density at radius 1 is 1.54 bits per heavy atom. The molecule has 0 bridgehead atoms. The summed E-state index contributed by atoms with van der Waals surface area (Å²) in [6.07, 6.45) is 1.69. The van der Waals surface area contributed by atoms with E-state index in [0.717, 1.165) is 11.3 Å². The van der Waals surface area contributed by atoms with E-state index in [0.29, 0.717) is 11.4 Å². The Bertz CT molecular complexity index is 504. The molecule has 0 spiro atoms. The van der Waals surface area contributed by atoms with E-state index in [-0.39, 0.29) is 0 Å². The normalized spacial score (nSPS) is 10.2. The van der Waals surface area contributed by atoms with Crippen molar-refractivity contribution in [3.05, 3.63) is 29.6 Å². The van der Waals surface area contributed by atoms with Crippen LogP contribution in [-0.2, 0) is 0 Å². The standard InChI is InChI=1S/C9H8N4/c1-6-9(11)13-5-7(4-10)2-3-8(13)12-6/h2-3,5H,11H2,1H3. The molecule has 0 saturated heterocycles. The minimum absolute atomic E-state index is 0.580. The van der Waals surface area contributed by atoms with Gasteiger partial charge >= 0.3 is 0 Å². The fraction of sp³-hybridized carbons (Fsp3) is 0.111. The molecule has 4 heteroatoms. The monoisotopic (exact) mass is 172 g/mol. The Kier molecular flexibility index (Phi) is 1.46. The average Bonchev–Trinajstić information content (AvgIpc) is 2.43. The van der Waals surface area contributed by atoms with Gasteiger partial charge in [0.1, 0.15) is 17.5 Å². The average molecular weight is 172 g/mol. The lowest BCUT2D eigenvalue weighted by Gasteiger charge is -1.95. The Labute approximate surface area is 75.2 Å². The first kappa shape index (κ1) is 7.62. The highest BCUT2D eigenvalue weighted by molar-refractivity contribution is 5.53. The van der Waals surface area contributed by atoms with Crippen LogP contribution in [0.4, 0.5) is 5.82 Å². The molecule has 0 aliphatic carbocycles. The maximum absolute atomic E-state index is 8.67. The van der Waals surface area contributed by atoms with Gasteiger partial charge in [-0.2, -0.15) is 5.26 Å². The van der Waals surface area contributed by atoms with Crippen LogP contribution in [0.25, 0.3) is 5.65 Å². The molecule has 64 valence electrons. The minimum atomic E-state index is 0.580. The first-order valence-electron chi connectivity index (χ1n) is 3.86. The smallest absolute Gasteiger partial charge is 0.138 e. The van der Waals surface area contributed by atoms with Crippen LogP contribution in [0.15, 0.2) is 18.3 Å². The predicted molar refractivity (Wildman–Crippen MR) is 49.1 cm³/mol. The van der Waals surface area contributed by atoms with E-state index >= 15 is 0 Å². The van der Waals surface area contributed by atoms with E-state index in [2.05, 4.69) is 11.1 Å². The van der Waals surface area contributed by atoms with Crippen LogP contribution in [0.3, 0.4) is 0 Å². The van der Waals surface area contributed by atoms with Gasteiger partial charge in [-0.15, -0.1) is 0 Å². The number of pyridine rings is 1. The Morgan fingerprint density at radius 2 is 2.31 bits per heavy atom. The highest BCUT2D eigenvalue weighted by atomic mass is 15.1. The molecule has 0 aliphatic heterocycles. The van der Waals surface area contributed by atoms with Crippen molar-refractivity contribution in [2.75, 3.05) is 5.73 Å². The van der Waals surface area contributed by atoms with E-state index in [4.69, 9.17) is 11.0 Å². The molecule has 0 amide bonds. The van der Waals surface area contributed by atoms with Gasteiger partial charge in [0.05, 0.1) is 11.3 Å². The number of anilines is 1. The van der Waals surface area contributed by atoms with Crippen LogP contribution in [0, 0.1) is 18.3 Å². The van der Waals surface area contributed by atoms with E-state index in [9.17, 15) is 0 Å². The third-order valence-electron chi connectivity index (χ3n) is 1.97. The lowest BCUT2D eigenvalue weighted by molar-refractivity contribution is 1.18. The summed E-state index contributed by atoms with van der Waals surface area (Å²) < 4.78 is 1.72.